The SMILES string of the molecule is CC1c2ccsc2CCN1C(CN)c1cncn1C(C)C. The minimum Gasteiger partial charge on any atom is -0.331 e. The highest BCUT2D eigenvalue weighted by molar-refractivity contribution is 7.10. The van der Waals surface area contributed by atoms with Gasteiger partial charge in [-0.3, -0.25) is 4.90 Å². The van der Waals surface area contributed by atoms with E-state index < -0.39 is 0 Å². The van der Waals surface area contributed by atoms with Crippen LogP contribution in [-0.4, -0.2) is 27.5 Å². The molecule has 2 aromatic heterocycles. The van der Waals surface area contributed by atoms with Gasteiger partial charge in [0.25, 0.3) is 0 Å². The summed E-state index contributed by atoms with van der Waals surface area (Å²) >= 11 is 1.88. The van der Waals surface area contributed by atoms with E-state index in [1.807, 2.05) is 23.9 Å². The zero-order valence-electron chi connectivity index (χ0n) is 13.0. The lowest BCUT2D eigenvalue weighted by molar-refractivity contribution is 0.132. The quantitative estimate of drug-likeness (QED) is 0.944. The highest BCUT2D eigenvalue weighted by Gasteiger charge is 2.32. The number of imidazole rings is 1. The molecule has 0 aromatic carbocycles. The standard InChI is InChI=1S/C16H24N4S/c1-11(2)20-10-18-9-15(20)14(8-17)19-6-4-16-13(12(19)3)5-7-21-16/h5,7,9-12,14H,4,6,8,17H2,1-3H3. The second kappa shape index (κ2) is 5.91. The lowest BCUT2D eigenvalue weighted by Crippen LogP contribution is -2.40. The Labute approximate surface area is 130 Å². The first-order chi connectivity index (χ1) is 10.1. The zero-order chi connectivity index (χ0) is 15.0. The lowest BCUT2D eigenvalue weighted by atomic mass is 9.98. The van der Waals surface area contributed by atoms with Crippen molar-refractivity contribution in [3.05, 3.63) is 40.1 Å². The fourth-order valence-corrected chi connectivity index (χ4v) is 4.35. The summed E-state index contributed by atoms with van der Waals surface area (Å²) in [5.74, 6) is 0. The van der Waals surface area contributed by atoms with Crippen LogP contribution in [0.1, 0.15) is 55.0 Å². The van der Waals surface area contributed by atoms with Crippen LogP contribution in [-0.2, 0) is 6.42 Å². The van der Waals surface area contributed by atoms with E-state index in [0.717, 1.165) is 13.0 Å². The monoisotopic (exact) mass is 304 g/mol. The molecule has 0 saturated carbocycles. The van der Waals surface area contributed by atoms with Crippen LogP contribution in [0.15, 0.2) is 24.0 Å². The maximum absolute atomic E-state index is 6.14. The predicted octanol–water partition coefficient (Wildman–Crippen LogP) is 3.14. The summed E-state index contributed by atoms with van der Waals surface area (Å²) in [5.41, 5.74) is 8.85. The molecule has 3 rings (SSSR count). The van der Waals surface area contributed by atoms with Crippen molar-refractivity contribution in [2.24, 2.45) is 5.73 Å². The van der Waals surface area contributed by atoms with E-state index >= 15 is 0 Å². The number of aromatic nitrogens is 2. The molecule has 1 aliphatic rings. The van der Waals surface area contributed by atoms with Crippen LogP contribution >= 0.6 is 11.3 Å². The predicted molar refractivity (Wildman–Crippen MR) is 87.6 cm³/mol. The highest BCUT2D eigenvalue weighted by atomic mass is 32.1. The molecule has 1 aliphatic heterocycles. The smallest absolute Gasteiger partial charge is 0.0951 e. The average Bonchev–Trinajstić information content (AvgIpc) is 3.11. The topological polar surface area (TPSA) is 47.1 Å². The average molecular weight is 304 g/mol. The molecular formula is C16H24N4S. The first-order valence-electron chi connectivity index (χ1n) is 7.67. The van der Waals surface area contributed by atoms with Crippen molar-refractivity contribution in [1.82, 2.24) is 14.5 Å². The molecule has 0 saturated heterocycles. The van der Waals surface area contributed by atoms with Gasteiger partial charge in [-0.05, 0) is 44.2 Å². The Morgan fingerprint density at radius 3 is 3.00 bits per heavy atom. The van der Waals surface area contributed by atoms with Crippen molar-refractivity contribution >= 4 is 11.3 Å². The van der Waals surface area contributed by atoms with Crippen LogP contribution in [0.25, 0.3) is 0 Å². The number of nitrogens with two attached hydrogens (primary N) is 1. The van der Waals surface area contributed by atoms with Crippen LogP contribution in [0.5, 0.6) is 0 Å². The van der Waals surface area contributed by atoms with E-state index in [2.05, 4.69) is 46.7 Å². The Morgan fingerprint density at radius 1 is 1.48 bits per heavy atom. The van der Waals surface area contributed by atoms with Crippen molar-refractivity contribution in [2.45, 2.75) is 45.3 Å². The second-order valence-corrected chi connectivity index (χ2v) is 7.03. The molecule has 0 aliphatic carbocycles. The van der Waals surface area contributed by atoms with E-state index in [0.29, 0.717) is 18.6 Å². The Balaban J connectivity index is 1.92. The first-order valence-corrected chi connectivity index (χ1v) is 8.55. The molecule has 3 heterocycles. The van der Waals surface area contributed by atoms with Gasteiger partial charge < -0.3 is 10.3 Å². The Hall–Kier alpha value is -1.17. The summed E-state index contributed by atoms with van der Waals surface area (Å²) in [6.07, 6.45) is 5.03. The number of thiophene rings is 1. The third kappa shape index (κ3) is 2.54. The molecule has 4 nitrogen and oxygen atoms in total. The van der Waals surface area contributed by atoms with Gasteiger partial charge in [0.2, 0.25) is 0 Å². The molecule has 0 bridgehead atoms. The van der Waals surface area contributed by atoms with E-state index in [4.69, 9.17) is 5.73 Å². The Kier molecular flexibility index (Phi) is 4.15. The third-order valence-corrected chi connectivity index (χ3v) is 5.54. The van der Waals surface area contributed by atoms with Crippen molar-refractivity contribution in [3.8, 4) is 0 Å². The van der Waals surface area contributed by atoms with Crippen molar-refractivity contribution in [2.75, 3.05) is 13.1 Å². The van der Waals surface area contributed by atoms with Gasteiger partial charge >= 0.3 is 0 Å². The fraction of sp³-hybridized carbons (Fsp3) is 0.562. The molecule has 5 heteroatoms. The zero-order valence-corrected chi connectivity index (χ0v) is 13.8. The highest BCUT2D eigenvalue weighted by Crippen LogP contribution is 2.38. The summed E-state index contributed by atoms with van der Waals surface area (Å²) in [6.45, 7) is 8.37. The van der Waals surface area contributed by atoms with Gasteiger partial charge in [-0.15, -0.1) is 11.3 Å². The maximum atomic E-state index is 6.14. The summed E-state index contributed by atoms with van der Waals surface area (Å²) in [5, 5.41) is 2.21. The van der Waals surface area contributed by atoms with E-state index in [-0.39, 0.29) is 6.04 Å². The van der Waals surface area contributed by atoms with E-state index in [9.17, 15) is 0 Å². The van der Waals surface area contributed by atoms with E-state index in [1.165, 1.54) is 16.1 Å². The van der Waals surface area contributed by atoms with E-state index in [1.54, 1.807) is 0 Å². The molecule has 114 valence electrons. The summed E-state index contributed by atoms with van der Waals surface area (Å²) in [4.78, 5) is 8.42. The van der Waals surface area contributed by atoms with Crippen LogP contribution in [0.3, 0.4) is 0 Å². The van der Waals surface area contributed by atoms with Crippen LogP contribution in [0.2, 0.25) is 0 Å². The van der Waals surface area contributed by atoms with Crippen LogP contribution < -0.4 is 5.73 Å². The number of rotatable bonds is 4. The maximum Gasteiger partial charge on any atom is 0.0951 e. The van der Waals surface area contributed by atoms with Gasteiger partial charge in [-0.1, -0.05) is 0 Å². The number of hydrogen-bond donors (Lipinski definition) is 1. The minimum atomic E-state index is 0.234. The Morgan fingerprint density at radius 2 is 2.29 bits per heavy atom. The number of nitrogens with zero attached hydrogens (tertiary/aromatic N) is 3. The number of hydrogen-bond acceptors (Lipinski definition) is 4. The first kappa shape index (κ1) is 14.8. The molecule has 0 amide bonds. The molecular weight excluding hydrogens is 280 g/mol. The molecule has 2 N–H and O–H groups in total. The lowest BCUT2D eigenvalue weighted by Gasteiger charge is -2.39. The number of fused-ring (bicyclic) bond motifs is 1. The molecule has 2 atom stereocenters. The van der Waals surface area contributed by atoms with Gasteiger partial charge in [-0.2, -0.15) is 0 Å². The minimum absolute atomic E-state index is 0.234. The van der Waals surface area contributed by atoms with Crippen molar-refractivity contribution in [1.29, 1.82) is 0 Å². The molecule has 21 heavy (non-hydrogen) atoms. The fourth-order valence-electron chi connectivity index (χ4n) is 3.39. The summed E-state index contributed by atoms with van der Waals surface area (Å²) in [6, 6.07) is 3.33. The second-order valence-electron chi connectivity index (χ2n) is 6.03. The summed E-state index contributed by atoms with van der Waals surface area (Å²) < 4.78 is 2.24. The van der Waals surface area contributed by atoms with Gasteiger partial charge in [0.05, 0.1) is 18.1 Å². The third-order valence-electron chi connectivity index (χ3n) is 4.54. The largest absolute Gasteiger partial charge is 0.331 e. The van der Waals surface area contributed by atoms with Crippen LogP contribution in [0.4, 0.5) is 0 Å². The van der Waals surface area contributed by atoms with Gasteiger partial charge in [0.1, 0.15) is 0 Å². The molecule has 0 spiro atoms. The molecule has 2 unspecified atom stereocenters. The van der Waals surface area contributed by atoms with Crippen LogP contribution in [0, 0.1) is 0 Å². The molecule has 0 fully saturated rings. The Bertz CT molecular complexity index is 601. The molecule has 2 aromatic rings. The molecule has 0 radical (unpaired) electrons. The van der Waals surface area contributed by atoms with Crippen molar-refractivity contribution in [3.63, 3.8) is 0 Å². The van der Waals surface area contributed by atoms with Crippen molar-refractivity contribution < 1.29 is 0 Å². The van der Waals surface area contributed by atoms with Gasteiger partial charge in [0, 0.05) is 36.2 Å². The van der Waals surface area contributed by atoms with Gasteiger partial charge in [0.15, 0.2) is 0 Å². The summed E-state index contributed by atoms with van der Waals surface area (Å²) in [7, 11) is 0. The van der Waals surface area contributed by atoms with Gasteiger partial charge in [-0.25, -0.2) is 4.98 Å². The normalized spacial score (nSPS) is 20.7.